The minimum Gasteiger partial charge on any atom is -0.479 e. The maximum absolute atomic E-state index is 12.0. The highest BCUT2D eigenvalue weighted by Gasteiger charge is 2.50. The van der Waals surface area contributed by atoms with Crippen LogP contribution >= 0.6 is 11.3 Å². The van der Waals surface area contributed by atoms with Crippen LogP contribution in [0.3, 0.4) is 0 Å². The van der Waals surface area contributed by atoms with E-state index in [0.717, 1.165) is 22.7 Å². The van der Waals surface area contributed by atoms with Gasteiger partial charge in [-0.3, -0.25) is 5.01 Å². The van der Waals surface area contributed by atoms with Crippen LogP contribution < -0.4 is 10.4 Å². The third-order valence-electron chi connectivity index (χ3n) is 3.44. The predicted octanol–water partition coefficient (Wildman–Crippen LogP) is 2.42. The number of carboxylic acid groups (broad SMARTS) is 1. The second-order valence-corrected chi connectivity index (χ2v) is 5.31. The molecule has 1 unspecified atom stereocenters. The number of fused-ring (bicyclic) bond motifs is 1. The Balaban J connectivity index is 2.23. The topological polar surface area (TPSA) is 52.6 Å². The number of nitrogens with zero attached hydrogens (tertiary/aromatic N) is 1. The highest BCUT2D eigenvalue weighted by molar-refractivity contribution is 7.14. The zero-order chi connectivity index (χ0) is 13.5. The Morgan fingerprint density at radius 2 is 2.11 bits per heavy atom. The van der Waals surface area contributed by atoms with Crippen LogP contribution in [-0.2, 0) is 10.3 Å². The summed E-state index contributed by atoms with van der Waals surface area (Å²) in [4.78, 5) is 12.0. The highest BCUT2D eigenvalue weighted by Crippen LogP contribution is 2.44. The van der Waals surface area contributed by atoms with Crippen LogP contribution in [0.15, 0.2) is 41.8 Å². The first-order valence-corrected chi connectivity index (χ1v) is 7.00. The first-order valence-electron chi connectivity index (χ1n) is 6.12. The third kappa shape index (κ3) is 1.59. The molecule has 19 heavy (non-hydrogen) atoms. The van der Waals surface area contributed by atoms with Gasteiger partial charge in [-0.25, -0.2) is 10.2 Å². The van der Waals surface area contributed by atoms with Gasteiger partial charge in [0.25, 0.3) is 0 Å². The van der Waals surface area contributed by atoms with Gasteiger partial charge in [0.15, 0.2) is 5.54 Å². The number of benzene rings is 1. The van der Waals surface area contributed by atoms with Crippen molar-refractivity contribution < 1.29 is 9.90 Å². The molecular weight excluding hydrogens is 260 g/mol. The molecule has 0 saturated carbocycles. The number of nitrogens with one attached hydrogen (secondary N) is 1. The first kappa shape index (κ1) is 12.2. The summed E-state index contributed by atoms with van der Waals surface area (Å²) in [6, 6.07) is 11.2. The quantitative estimate of drug-likeness (QED) is 0.902. The molecule has 0 saturated heterocycles. The van der Waals surface area contributed by atoms with E-state index in [1.54, 1.807) is 11.3 Å². The fourth-order valence-electron chi connectivity index (χ4n) is 2.53. The van der Waals surface area contributed by atoms with Crippen molar-refractivity contribution in [1.82, 2.24) is 5.43 Å². The zero-order valence-corrected chi connectivity index (χ0v) is 11.3. The molecule has 0 radical (unpaired) electrons. The van der Waals surface area contributed by atoms with Gasteiger partial charge in [0.05, 0.1) is 0 Å². The Kier molecular flexibility index (Phi) is 2.80. The molecule has 0 aliphatic carbocycles. The van der Waals surface area contributed by atoms with Crippen LogP contribution in [0.1, 0.15) is 18.1 Å². The molecule has 98 valence electrons. The standard InChI is InChI=1S/C14H14N2O2S/c1-2-16-12-11(8-9-19-12)14(15-16,13(17)18)10-6-4-3-5-7-10/h3-9,15H,2H2,1H3,(H,17,18). The predicted molar refractivity (Wildman–Crippen MR) is 75.3 cm³/mol. The van der Waals surface area contributed by atoms with Gasteiger partial charge < -0.3 is 5.11 Å². The summed E-state index contributed by atoms with van der Waals surface area (Å²) in [5.74, 6) is -0.880. The molecule has 1 aromatic heterocycles. The lowest BCUT2D eigenvalue weighted by molar-refractivity contribution is -0.143. The van der Waals surface area contributed by atoms with Gasteiger partial charge in [0.1, 0.15) is 5.00 Å². The van der Waals surface area contributed by atoms with Crippen molar-refractivity contribution in [3.63, 3.8) is 0 Å². The average Bonchev–Trinajstić information content (AvgIpc) is 3.00. The Morgan fingerprint density at radius 1 is 1.37 bits per heavy atom. The number of aliphatic carboxylic acids is 1. The molecule has 2 aromatic rings. The minimum absolute atomic E-state index is 0.718. The monoisotopic (exact) mass is 274 g/mol. The lowest BCUT2D eigenvalue weighted by atomic mass is 9.85. The van der Waals surface area contributed by atoms with E-state index in [-0.39, 0.29) is 0 Å². The second kappa shape index (κ2) is 4.36. The Labute approximate surface area is 115 Å². The van der Waals surface area contributed by atoms with Gasteiger partial charge >= 0.3 is 5.97 Å². The van der Waals surface area contributed by atoms with Gasteiger partial charge in [-0.05, 0) is 23.9 Å². The number of carbonyl (C=O) groups is 1. The van der Waals surface area contributed by atoms with Crippen molar-refractivity contribution >= 4 is 22.3 Å². The number of anilines is 1. The van der Waals surface area contributed by atoms with Crippen molar-refractivity contribution in [3.05, 3.63) is 52.9 Å². The number of hydrogen-bond acceptors (Lipinski definition) is 4. The molecular formula is C14H14N2O2S. The van der Waals surface area contributed by atoms with E-state index in [0.29, 0.717) is 0 Å². The van der Waals surface area contributed by atoms with Gasteiger partial charge in [-0.15, -0.1) is 11.3 Å². The van der Waals surface area contributed by atoms with Crippen molar-refractivity contribution in [3.8, 4) is 0 Å². The zero-order valence-electron chi connectivity index (χ0n) is 10.5. The molecule has 5 heteroatoms. The summed E-state index contributed by atoms with van der Waals surface area (Å²) in [5.41, 5.74) is 3.55. The minimum atomic E-state index is -1.17. The summed E-state index contributed by atoms with van der Waals surface area (Å²) in [7, 11) is 0. The molecule has 2 heterocycles. The molecule has 0 bridgehead atoms. The van der Waals surface area contributed by atoms with E-state index in [1.165, 1.54) is 0 Å². The molecule has 0 spiro atoms. The van der Waals surface area contributed by atoms with Crippen LogP contribution in [0, 0.1) is 0 Å². The highest BCUT2D eigenvalue weighted by atomic mass is 32.1. The number of rotatable bonds is 3. The van der Waals surface area contributed by atoms with Crippen LogP contribution in [0.5, 0.6) is 0 Å². The molecule has 2 N–H and O–H groups in total. The van der Waals surface area contributed by atoms with Gasteiger partial charge in [0.2, 0.25) is 0 Å². The van der Waals surface area contributed by atoms with Crippen molar-refractivity contribution in [2.75, 3.05) is 11.6 Å². The van der Waals surface area contributed by atoms with E-state index >= 15 is 0 Å². The van der Waals surface area contributed by atoms with E-state index in [1.807, 2.05) is 53.7 Å². The summed E-state index contributed by atoms with van der Waals surface area (Å²) in [6.07, 6.45) is 0. The van der Waals surface area contributed by atoms with Crippen LogP contribution in [0.25, 0.3) is 0 Å². The lowest BCUT2D eigenvalue weighted by Crippen LogP contribution is -2.52. The van der Waals surface area contributed by atoms with Crippen molar-refractivity contribution in [1.29, 1.82) is 0 Å². The van der Waals surface area contributed by atoms with E-state index in [4.69, 9.17) is 0 Å². The largest absolute Gasteiger partial charge is 0.479 e. The van der Waals surface area contributed by atoms with Gasteiger partial charge in [-0.1, -0.05) is 30.3 Å². The molecule has 0 fully saturated rings. The second-order valence-electron chi connectivity index (χ2n) is 4.42. The molecule has 1 aliphatic heterocycles. The van der Waals surface area contributed by atoms with Crippen molar-refractivity contribution in [2.24, 2.45) is 0 Å². The molecule has 4 nitrogen and oxygen atoms in total. The van der Waals surface area contributed by atoms with Crippen LogP contribution in [-0.4, -0.2) is 17.6 Å². The Hall–Kier alpha value is -1.85. The lowest BCUT2D eigenvalue weighted by Gasteiger charge is -2.28. The van der Waals surface area contributed by atoms with Crippen LogP contribution in [0.2, 0.25) is 0 Å². The van der Waals surface area contributed by atoms with Gasteiger partial charge in [-0.2, -0.15) is 0 Å². The third-order valence-corrected chi connectivity index (χ3v) is 4.38. The Morgan fingerprint density at radius 3 is 2.74 bits per heavy atom. The average molecular weight is 274 g/mol. The van der Waals surface area contributed by atoms with E-state index < -0.39 is 11.5 Å². The normalized spacial score (nSPS) is 21.4. The van der Waals surface area contributed by atoms with E-state index in [2.05, 4.69) is 5.43 Å². The van der Waals surface area contributed by atoms with Crippen LogP contribution in [0.4, 0.5) is 5.00 Å². The SMILES string of the molecule is CCN1NC(C(=O)O)(c2ccccc2)c2ccsc21. The van der Waals surface area contributed by atoms with Gasteiger partial charge in [0, 0.05) is 12.1 Å². The van der Waals surface area contributed by atoms with Crippen molar-refractivity contribution in [2.45, 2.75) is 12.5 Å². The summed E-state index contributed by atoms with van der Waals surface area (Å²) in [6.45, 7) is 2.72. The fraction of sp³-hybridized carbons (Fsp3) is 0.214. The van der Waals surface area contributed by atoms with E-state index in [9.17, 15) is 9.90 Å². The molecule has 1 aliphatic rings. The molecule has 0 amide bonds. The number of thiophene rings is 1. The molecule has 1 atom stereocenters. The summed E-state index contributed by atoms with van der Waals surface area (Å²) >= 11 is 1.56. The number of carboxylic acids is 1. The summed E-state index contributed by atoms with van der Waals surface area (Å²) < 4.78 is 0. The number of hydrazine groups is 1. The molecule has 3 rings (SSSR count). The summed E-state index contributed by atoms with van der Waals surface area (Å²) in [5, 5.41) is 14.6. The molecule has 1 aromatic carbocycles. The first-order chi connectivity index (χ1) is 9.20. The number of hydrogen-bond donors (Lipinski definition) is 2. The fourth-order valence-corrected chi connectivity index (χ4v) is 3.51. The smallest absolute Gasteiger partial charge is 0.335 e. The Bertz CT molecular complexity index is 611. The maximum atomic E-state index is 12.0. The maximum Gasteiger partial charge on any atom is 0.335 e.